The lowest BCUT2D eigenvalue weighted by molar-refractivity contribution is 0.102. The molecule has 0 aliphatic rings. The van der Waals surface area contributed by atoms with Crippen LogP contribution in [0.25, 0.3) is 21.5 Å². The van der Waals surface area contributed by atoms with E-state index in [1.807, 2.05) is 84.9 Å². The highest BCUT2D eigenvalue weighted by Gasteiger charge is 2.12. The number of hydrogen-bond acceptors (Lipinski definition) is 2. The molecule has 5 aromatic rings. The second-order valence-electron chi connectivity index (χ2n) is 7.61. The zero-order chi connectivity index (χ0) is 21.9. The van der Waals surface area contributed by atoms with E-state index in [-0.39, 0.29) is 11.8 Å². The largest absolute Gasteiger partial charge is 0.322 e. The molecule has 0 saturated heterocycles. The Bertz CT molecular complexity index is 1360. The van der Waals surface area contributed by atoms with Crippen molar-refractivity contribution in [1.82, 2.24) is 0 Å². The van der Waals surface area contributed by atoms with Crippen molar-refractivity contribution < 1.29 is 9.59 Å². The summed E-state index contributed by atoms with van der Waals surface area (Å²) >= 11 is 0. The Balaban J connectivity index is 1.33. The van der Waals surface area contributed by atoms with E-state index in [0.717, 1.165) is 21.5 Å². The van der Waals surface area contributed by atoms with Crippen LogP contribution in [0.15, 0.2) is 109 Å². The van der Waals surface area contributed by atoms with Gasteiger partial charge in [-0.2, -0.15) is 0 Å². The summed E-state index contributed by atoms with van der Waals surface area (Å²) in [7, 11) is 0. The molecule has 4 nitrogen and oxygen atoms in total. The van der Waals surface area contributed by atoms with Crippen molar-refractivity contribution in [2.45, 2.75) is 0 Å². The highest BCUT2D eigenvalue weighted by atomic mass is 16.2. The molecule has 0 radical (unpaired) electrons. The summed E-state index contributed by atoms with van der Waals surface area (Å²) in [6, 6.07) is 34.2. The van der Waals surface area contributed by atoms with Crippen molar-refractivity contribution in [2.24, 2.45) is 0 Å². The number of amides is 2. The van der Waals surface area contributed by atoms with Crippen molar-refractivity contribution in [3.05, 3.63) is 120 Å². The smallest absolute Gasteiger partial charge is 0.255 e. The third-order valence-corrected chi connectivity index (χ3v) is 5.40. The van der Waals surface area contributed by atoms with Crippen LogP contribution in [0.1, 0.15) is 20.7 Å². The molecule has 0 aliphatic heterocycles. The Labute approximate surface area is 185 Å². The number of anilines is 2. The van der Waals surface area contributed by atoms with Gasteiger partial charge in [0, 0.05) is 22.5 Å². The van der Waals surface area contributed by atoms with Crippen LogP contribution in [0.3, 0.4) is 0 Å². The molecule has 0 atom stereocenters. The number of nitrogens with one attached hydrogen (secondary N) is 2. The fourth-order valence-corrected chi connectivity index (χ4v) is 3.74. The number of rotatable bonds is 4. The van der Waals surface area contributed by atoms with Gasteiger partial charge in [-0.05, 0) is 64.0 Å². The SMILES string of the molecule is O=C(Nc1ccc2ccccc2c1)c1cccc(C(=O)Nc2ccc3ccccc3c2)c1. The van der Waals surface area contributed by atoms with Crippen molar-refractivity contribution in [1.29, 1.82) is 0 Å². The van der Waals surface area contributed by atoms with E-state index in [0.29, 0.717) is 22.5 Å². The minimum absolute atomic E-state index is 0.263. The Morgan fingerprint density at radius 2 is 0.875 bits per heavy atom. The number of hydrogen-bond donors (Lipinski definition) is 2. The van der Waals surface area contributed by atoms with Gasteiger partial charge in [0.2, 0.25) is 0 Å². The van der Waals surface area contributed by atoms with Gasteiger partial charge >= 0.3 is 0 Å². The van der Waals surface area contributed by atoms with Crippen LogP contribution in [0.4, 0.5) is 11.4 Å². The lowest BCUT2D eigenvalue weighted by Crippen LogP contribution is -2.15. The van der Waals surface area contributed by atoms with Crippen molar-refractivity contribution in [3.63, 3.8) is 0 Å². The van der Waals surface area contributed by atoms with Gasteiger partial charge in [-0.25, -0.2) is 0 Å². The summed E-state index contributed by atoms with van der Waals surface area (Å²) in [5.41, 5.74) is 2.26. The minimum Gasteiger partial charge on any atom is -0.322 e. The maximum Gasteiger partial charge on any atom is 0.255 e. The molecule has 5 aromatic carbocycles. The van der Waals surface area contributed by atoms with Gasteiger partial charge in [0.05, 0.1) is 0 Å². The molecule has 32 heavy (non-hydrogen) atoms. The molecule has 2 amide bonds. The minimum atomic E-state index is -0.263. The molecule has 0 fully saturated rings. The van der Waals surface area contributed by atoms with Crippen molar-refractivity contribution >= 4 is 44.7 Å². The number of fused-ring (bicyclic) bond motifs is 2. The second-order valence-corrected chi connectivity index (χ2v) is 7.61. The Hall–Kier alpha value is -4.44. The summed E-state index contributed by atoms with van der Waals surface area (Å²) in [5.74, 6) is -0.527. The molecule has 154 valence electrons. The average Bonchev–Trinajstić information content (AvgIpc) is 2.84. The van der Waals surface area contributed by atoms with Crippen molar-refractivity contribution in [3.8, 4) is 0 Å². The molecule has 0 spiro atoms. The Morgan fingerprint density at radius 1 is 0.438 bits per heavy atom. The van der Waals surface area contributed by atoms with Gasteiger partial charge < -0.3 is 10.6 Å². The third-order valence-electron chi connectivity index (χ3n) is 5.40. The quantitative estimate of drug-likeness (QED) is 0.351. The molecule has 0 heterocycles. The Kier molecular flexibility index (Phi) is 5.10. The molecule has 4 heteroatoms. The maximum absolute atomic E-state index is 12.8. The fraction of sp³-hybridized carbons (Fsp3) is 0. The molecule has 0 unspecified atom stereocenters. The highest BCUT2D eigenvalue weighted by molar-refractivity contribution is 6.09. The first-order chi connectivity index (χ1) is 15.7. The van der Waals surface area contributed by atoms with Gasteiger partial charge in [0.15, 0.2) is 0 Å². The first kappa shape index (κ1) is 19.5. The predicted molar refractivity (Wildman–Crippen MR) is 130 cm³/mol. The normalized spacial score (nSPS) is 10.8. The monoisotopic (exact) mass is 416 g/mol. The number of carbonyl (C=O) groups is 2. The zero-order valence-electron chi connectivity index (χ0n) is 17.2. The van der Waals surface area contributed by atoms with Crippen LogP contribution < -0.4 is 10.6 Å². The van der Waals surface area contributed by atoms with E-state index in [9.17, 15) is 9.59 Å². The molecular weight excluding hydrogens is 396 g/mol. The molecule has 5 rings (SSSR count). The summed E-state index contributed by atoms with van der Waals surface area (Å²) in [6.07, 6.45) is 0. The standard InChI is InChI=1S/C28H20N2O2/c31-27(29-25-14-12-19-6-1-3-8-21(19)17-25)23-10-5-11-24(16-23)28(32)30-26-15-13-20-7-2-4-9-22(20)18-26/h1-18H,(H,29,31)(H,30,32). The summed E-state index contributed by atoms with van der Waals surface area (Å²) in [5, 5.41) is 10.1. The second kappa shape index (κ2) is 8.36. The van der Waals surface area contributed by atoms with Gasteiger partial charge in [0.25, 0.3) is 11.8 Å². The number of benzene rings is 5. The van der Waals surface area contributed by atoms with E-state index in [1.165, 1.54) is 0 Å². The molecule has 2 N–H and O–H groups in total. The van der Waals surface area contributed by atoms with E-state index in [2.05, 4.69) is 10.6 Å². The zero-order valence-corrected chi connectivity index (χ0v) is 17.2. The van der Waals surface area contributed by atoms with E-state index >= 15 is 0 Å². The molecule has 0 aromatic heterocycles. The van der Waals surface area contributed by atoms with Gasteiger partial charge in [-0.1, -0.05) is 66.7 Å². The fourth-order valence-electron chi connectivity index (χ4n) is 3.74. The van der Waals surface area contributed by atoms with Gasteiger partial charge in [-0.3, -0.25) is 9.59 Å². The lowest BCUT2D eigenvalue weighted by atomic mass is 10.1. The lowest BCUT2D eigenvalue weighted by Gasteiger charge is -2.09. The summed E-state index contributed by atoms with van der Waals surface area (Å²) < 4.78 is 0. The summed E-state index contributed by atoms with van der Waals surface area (Å²) in [6.45, 7) is 0. The average molecular weight is 416 g/mol. The van der Waals surface area contributed by atoms with Crippen LogP contribution in [0.5, 0.6) is 0 Å². The van der Waals surface area contributed by atoms with Crippen LogP contribution >= 0.6 is 0 Å². The van der Waals surface area contributed by atoms with E-state index in [1.54, 1.807) is 24.3 Å². The van der Waals surface area contributed by atoms with E-state index < -0.39 is 0 Å². The first-order valence-corrected chi connectivity index (χ1v) is 10.4. The van der Waals surface area contributed by atoms with Gasteiger partial charge in [0.1, 0.15) is 0 Å². The first-order valence-electron chi connectivity index (χ1n) is 10.4. The predicted octanol–water partition coefficient (Wildman–Crippen LogP) is 6.50. The van der Waals surface area contributed by atoms with Crippen LogP contribution in [0, 0.1) is 0 Å². The summed E-state index contributed by atoms with van der Waals surface area (Å²) in [4.78, 5) is 25.6. The molecule has 0 aliphatic carbocycles. The van der Waals surface area contributed by atoms with Crippen LogP contribution in [0.2, 0.25) is 0 Å². The van der Waals surface area contributed by atoms with Crippen LogP contribution in [-0.2, 0) is 0 Å². The maximum atomic E-state index is 12.8. The van der Waals surface area contributed by atoms with Gasteiger partial charge in [-0.15, -0.1) is 0 Å². The van der Waals surface area contributed by atoms with E-state index in [4.69, 9.17) is 0 Å². The molecule has 0 bridgehead atoms. The topological polar surface area (TPSA) is 58.2 Å². The van der Waals surface area contributed by atoms with Crippen molar-refractivity contribution in [2.75, 3.05) is 10.6 Å². The number of carbonyl (C=O) groups excluding carboxylic acids is 2. The van der Waals surface area contributed by atoms with Crippen LogP contribution in [-0.4, -0.2) is 11.8 Å². The molecular formula is C28H20N2O2. The highest BCUT2D eigenvalue weighted by Crippen LogP contribution is 2.21. The Morgan fingerprint density at radius 3 is 1.34 bits per heavy atom. The molecule has 0 saturated carbocycles. The third kappa shape index (κ3) is 4.07.